The molecule has 2 aromatic rings. The summed E-state index contributed by atoms with van der Waals surface area (Å²) in [5, 5.41) is 2.53. The molecule has 2 rings (SSSR count). The predicted molar refractivity (Wildman–Crippen MR) is 68.5 cm³/mol. The van der Waals surface area contributed by atoms with Crippen LogP contribution < -0.4 is 5.32 Å². The molecule has 0 aromatic heterocycles. The zero-order valence-electron chi connectivity index (χ0n) is 9.08. The lowest BCUT2D eigenvalue weighted by atomic mass is 10.2. The number of nitrogens with one attached hydrogen (secondary N) is 1. The van der Waals surface area contributed by atoms with Crippen molar-refractivity contribution < 1.29 is 13.6 Å². The van der Waals surface area contributed by atoms with Crippen LogP contribution in [-0.2, 0) is 0 Å². The third-order valence-corrected chi connectivity index (χ3v) is 2.75. The number of hydrogen-bond acceptors (Lipinski definition) is 1. The van der Waals surface area contributed by atoms with Crippen molar-refractivity contribution in [2.45, 2.75) is 0 Å². The first kappa shape index (κ1) is 12.7. The van der Waals surface area contributed by atoms with Crippen molar-refractivity contribution in [1.29, 1.82) is 0 Å². The van der Waals surface area contributed by atoms with Crippen LogP contribution in [-0.4, -0.2) is 5.91 Å². The minimum atomic E-state index is -0.887. The monoisotopic (exact) mass is 311 g/mol. The molecule has 0 radical (unpaired) electrons. The largest absolute Gasteiger partial charge is 0.322 e. The summed E-state index contributed by atoms with van der Waals surface area (Å²) in [5.41, 5.74) is 0.328. The Morgan fingerprint density at radius 2 is 1.89 bits per heavy atom. The second kappa shape index (κ2) is 5.27. The fraction of sp³-hybridized carbons (Fsp3) is 0. The highest BCUT2D eigenvalue weighted by Gasteiger charge is 2.12. The van der Waals surface area contributed by atoms with Gasteiger partial charge in [-0.15, -0.1) is 0 Å². The minimum Gasteiger partial charge on any atom is -0.322 e. The molecule has 92 valence electrons. The summed E-state index contributed by atoms with van der Waals surface area (Å²) < 4.78 is 26.9. The fourth-order valence-corrected chi connectivity index (χ4v) is 1.84. The van der Waals surface area contributed by atoms with Crippen molar-refractivity contribution in [1.82, 2.24) is 0 Å². The first-order chi connectivity index (χ1) is 8.56. The molecule has 0 saturated heterocycles. The Balaban J connectivity index is 2.22. The predicted octanol–water partition coefficient (Wildman–Crippen LogP) is 3.98. The van der Waals surface area contributed by atoms with Crippen LogP contribution in [0.15, 0.2) is 46.9 Å². The Morgan fingerprint density at radius 3 is 2.56 bits per heavy atom. The standard InChI is InChI=1S/C13H8BrF2NO/c14-8-2-1-3-10(6-8)17-13(18)11-5-4-9(15)7-12(11)16/h1-7H,(H,17,18). The number of carbonyl (C=O) groups excluding carboxylic acids is 1. The van der Waals surface area contributed by atoms with Gasteiger partial charge in [0.05, 0.1) is 5.56 Å². The molecule has 5 heteroatoms. The lowest BCUT2D eigenvalue weighted by Crippen LogP contribution is -2.13. The van der Waals surface area contributed by atoms with E-state index in [-0.39, 0.29) is 5.56 Å². The van der Waals surface area contributed by atoms with Gasteiger partial charge in [0.15, 0.2) is 0 Å². The third kappa shape index (κ3) is 2.92. The van der Waals surface area contributed by atoms with Gasteiger partial charge >= 0.3 is 0 Å². The molecule has 0 unspecified atom stereocenters. The van der Waals surface area contributed by atoms with Crippen molar-refractivity contribution in [3.63, 3.8) is 0 Å². The zero-order chi connectivity index (χ0) is 13.1. The number of carbonyl (C=O) groups is 1. The van der Waals surface area contributed by atoms with Crippen molar-refractivity contribution in [3.05, 3.63) is 64.1 Å². The molecule has 0 heterocycles. The maximum absolute atomic E-state index is 13.4. The molecule has 0 fully saturated rings. The summed E-state index contributed by atoms with van der Waals surface area (Å²) in [7, 11) is 0. The minimum absolute atomic E-state index is 0.198. The smallest absolute Gasteiger partial charge is 0.258 e. The first-order valence-electron chi connectivity index (χ1n) is 5.08. The van der Waals surface area contributed by atoms with Crippen LogP contribution in [0, 0.1) is 11.6 Å². The molecule has 1 amide bonds. The van der Waals surface area contributed by atoms with Crippen LogP contribution in [0.1, 0.15) is 10.4 Å². The highest BCUT2D eigenvalue weighted by Crippen LogP contribution is 2.17. The van der Waals surface area contributed by atoms with Gasteiger partial charge in [-0.1, -0.05) is 22.0 Å². The number of rotatable bonds is 2. The Kier molecular flexibility index (Phi) is 3.72. The average Bonchev–Trinajstić information content (AvgIpc) is 2.28. The van der Waals surface area contributed by atoms with E-state index in [0.717, 1.165) is 16.6 Å². The van der Waals surface area contributed by atoms with Gasteiger partial charge in [-0.2, -0.15) is 0 Å². The van der Waals surface area contributed by atoms with Crippen LogP contribution in [0.3, 0.4) is 0 Å². The Morgan fingerprint density at radius 1 is 1.11 bits per heavy atom. The van der Waals surface area contributed by atoms with Crippen LogP contribution in [0.25, 0.3) is 0 Å². The van der Waals surface area contributed by atoms with E-state index in [0.29, 0.717) is 11.8 Å². The Hall–Kier alpha value is -1.75. The van der Waals surface area contributed by atoms with Crippen LogP contribution >= 0.6 is 15.9 Å². The number of benzene rings is 2. The molecular weight excluding hydrogens is 304 g/mol. The molecule has 1 N–H and O–H groups in total. The molecule has 0 spiro atoms. The van der Waals surface area contributed by atoms with Gasteiger partial charge in [0.25, 0.3) is 5.91 Å². The van der Waals surface area contributed by atoms with Gasteiger partial charge < -0.3 is 5.32 Å². The molecule has 2 nitrogen and oxygen atoms in total. The SMILES string of the molecule is O=C(Nc1cccc(Br)c1)c1ccc(F)cc1F. The number of hydrogen-bond donors (Lipinski definition) is 1. The maximum atomic E-state index is 13.4. The normalized spacial score (nSPS) is 10.2. The number of halogens is 3. The molecule has 0 atom stereocenters. The maximum Gasteiger partial charge on any atom is 0.258 e. The van der Waals surface area contributed by atoms with Gasteiger partial charge in [0, 0.05) is 16.2 Å². The van der Waals surface area contributed by atoms with E-state index >= 15 is 0 Å². The van der Waals surface area contributed by atoms with Gasteiger partial charge in [0.2, 0.25) is 0 Å². The lowest BCUT2D eigenvalue weighted by Gasteiger charge is -2.06. The van der Waals surface area contributed by atoms with E-state index in [1.807, 2.05) is 0 Å². The van der Waals surface area contributed by atoms with Crippen molar-refractivity contribution >= 4 is 27.5 Å². The summed E-state index contributed by atoms with van der Waals surface area (Å²) in [4.78, 5) is 11.8. The number of amides is 1. The summed E-state index contributed by atoms with van der Waals surface area (Å²) in [5.74, 6) is -2.22. The van der Waals surface area contributed by atoms with E-state index in [1.54, 1.807) is 24.3 Å². The molecule has 0 saturated carbocycles. The van der Waals surface area contributed by atoms with Crippen LogP contribution in [0.2, 0.25) is 0 Å². The van der Waals surface area contributed by atoms with Crippen molar-refractivity contribution in [2.75, 3.05) is 5.32 Å². The highest BCUT2D eigenvalue weighted by atomic mass is 79.9. The summed E-state index contributed by atoms with van der Waals surface area (Å²) >= 11 is 3.26. The van der Waals surface area contributed by atoms with Crippen LogP contribution in [0.5, 0.6) is 0 Å². The van der Waals surface area contributed by atoms with E-state index in [1.165, 1.54) is 0 Å². The second-order valence-corrected chi connectivity index (χ2v) is 4.50. The molecule has 0 aliphatic heterocycles. The molecule has 2 aromatic carbocycles. The van der Waals surface area contributed by atoms with Gasteiger partial charge in [-0.05, 0) is 30.3 Å². The van der Waals surface area contributed by atoms with Crippen LogP contribution in [0.4, 0.5) is 14.5 Å². The Labute approximate surface area is 111 Å². The molecule has 18 heavy (non-hydrogen) atoms. The van der Waals surface area contributed by atoms with E-state index in [9.17, 15) is 13.6 Å². The topological polar surface area (TPSA) is 29.1 Å². The summed E-state index contributed by atoms with van der Waals surface area (Å²) in [6, 6.07) is 9.71. The van der Waals surface area contributed by atoms with E-state index in [4.69, 9.17) is 0 Å². The summed E-state index contributed by atoms with van der Waals surface area (Å²) in [6.45, 7) is 0. The second-order valence-electron chi connectivity index (χ2n) is 3.59. The van der Waals surface area contributed by atoms with E-state index in [2.05, 4.69) is 21.2 Å². The van der Waals surface area contributed by atoms with Gasteiger partial charge in [-0.3, -0.25) is 4.79 Å². The fourth-order valence-electron chi connectivity index (χ4n) is 1.44. The first-order valence-corrected chi connectivity index (χ1v) is 5.87. The zero-order valence-corrected chi connectivity index (χ0v) is 10.7. The third-order valence-electron chi connectivity index (χ3n) is 2.26. The van der Waals surface area contributed by atoms with Crippen molar-refractivity contribution in [3.8, 4) is 0 Å². The van der Waals surface area contributed by atoms with Gasteiger partial charge in [-0.25, -0.2) is 8.78 Å². The van der Waals surface area contributed by atoms with Crippen molar-refractivity contribution in [2.24, 2.45) is 0 Å². The average molecular weight is 312 g/mol. The Bertz CT molecular complexity index is 601. The molecule has 0 aliphatic carbocycles. The highest BCUT2D eigenvalue weighted by molar-refractivity contribution is 9.10. The molecule has 0 aliphatic rings. The number of anilines is 1. The molecule has 0 bridgehead atoms. The lowest BCUT2D eigenvalue weighted by molar-refractivity contribution is 0.102. The molecular formula is C13H8BrF2NO. The van der Waals surface area contributed by atoms with E-state index < -0.39 is 17.5 Å². The summed E-state index contributed by atoms with van der Waals surface area (Å²) in [6.07, 6.45) is 0. The van der Waals surface area contributed by atoms with Gasteiger partial charge in [0.1, 0.15) is 11.6 Å². The quantitative estimate of drug-likeness (QED) is 0.893.